The number of ether oxygens (including phenoxy) is 2. The Labute approximate surface area is 94.4 Å². The quantitative estimate of drug-likeness (QED) is 0.768. The van der Waals surface area contributed by atoms with Gasteiger partial charge in [0.25, 0.3) is 0 Å². The zero-order valence-corrected chi connectivity index (χ0v) is 8.95. The lowest BCUT2D eigenvalue weighted by Gasteiger charge is -2.25. The Morgan fingerprint density at radius 2 is 1.81 bits per heavy atom. The largest absolute Gasteiger partial charge is 0.394 e. The Morgan fingerprint density at radius 1 is 1.12 bits per heavy atom. The molecule has 1 fully saturated rings. The fourth-order valence-corrected chi connectivity index (χ4v) is 1.86. The number of aliphatic hydroxyl groups is 2. The molecule has 16 heavy (non-hydrogen) atoms. The first-order valence-electron chi connectivity index (χ1n) is 5.40. The Hall–Kier alpha value is -0.940. The number of aliphatic hydroxyl groups excluding tert-OH is 2. The van der Waals surface area contributed by atoms with Gasteiger partial charge in [-0.05, 0) is 5.56 Å². The van der Waals surface area contributed by atoms with Gasteiger partial charge in [0, 0.05) is 0 Å². The van der Waals surface area contributed by atoms with E-state index in [1.807, 2.05) is 30.3 Å². The zero-order valence-electron chi connectivity index (χ0n) is 8.95. The highest BCUT2D eigenvalue weighted by Gasteiger charge is 2.32. The van der Waals surface area contributed by atoms with E-state index in [0.29, 0.717) is 13.2 Å². The molecule has 0 unspecified atom stereocenters. The molecule has 1 aromatic carbocycles. The van der Waals surface area contributed by atoms with E-state index >= 15 is 0 Å². The van der Waals surface area contributed by atoms with Crippen molar-refractivity contribution in [2.24, 2.45) is 0 Å². The summed E-state index contributed by atoms with van der Waals surface area (Å²) in [4.78, 5) is 0. The second kappa shape index (κ2) is 5.41. The topological polar surface area (TPSA) is 58.9 Å². The van der Waals surface area contributed by atoms with Crippen molar-refractivity contribution in [2.75, 3.05) is 19.8 Å². The average molecular weight is 224 g/mol. The molecule has 1 saturated heterocycles. The molecule has 0 saturated carbocycles. The first-order valence-corrected chi connectivity index (χ1v) is 5.40. The van der Waals surface area contributed by atoms with E-state index < -0.39 is 18.3 Å². The van der Waals surface area contributed by atoms with Crippen LogP contribution >= 0.6 is 0 Å². The molecule has 2 N–H and O–H groups in total. The number of hydrogen-bond acceptors (Lipinski definition) is 4. The molecule has 4 nitrogen and oxygen atoms in total. The molecule has 0 amide bonds. The van der Waals surface area contributed by atoms with Crippen LogP contribution in [0.2, 0.25) is 0 Å². The molecule has 1 aliphatic heterocycles. The van der Waals surface area contributed by atoms with Crippen molar-refractivity contribution in [3.63, 3.8) is 0 Å². The minimum atomic E-state index is -0.838. The second-order valence-electron chi connectivity index (χ2n) is 3.78. The van der Waals surface area contributed by atoms with Gasteiger partial charge in [0.2, 0.25) is 0 Å². The van der Waals surface area contributed by atoms with Crippen LogP contribution in [0, 0.1) is 0 Å². The summed E-state index contributed by atoms with van der Waals surface area (Å²) in [6.45, 7) is 0.618. The summed E-state index contributed by atoms with van der Waals surface area (Å²) >= 11 is 0. The van der Waals surface area contributed by atoms with E-state index in [1.165, 1.54) is 0 Å². The van der Waals surface area contributed by atoms with Crippen LogP contribution in [-0.2, 0) is 9.47 Å². The standard InChI is InChI=1S/C12H16O4/c13-8-10-11(14)12(16-7-6-15-10)9-4-2-1-3-5-9/h1-5,10-14H,6-8H2/t10-,11-,12+/m1/s1. The third kappa shape index (κ3) is 2.41. The lowest BCUT2D eigenvalue weighted by atomic mass is 10.0. The summed E-state index contributed by atoms with van der Waals surface area (Å²) in [6.07, 6.45) is -1.84. The molecular weight excluding hydrogens is 208 g/mol. The van der Waals surface area contributed by atoms with E-state index in [1.54, 1.807) is 0 Å². The van der Waals surface area contributed by atoms with Crippen molar-refractivity contribution in [2.45, 2.75) is 18.3 Å². The molecule has 2 rings (SSSR count). The van der Waals surface area contributed by atoms with Gasteiger partial charge in [-0.1, -0.05) is 30.3 Å². The molecule has 3 atom stereocenters. The van der Waals surface area contributed by atoms with Crippen LogP contribution in [0.25, 0.3) is 0 Å². The summed E-state index contributed by atoms with van der Waals surface area (Å²) in [7, 11) is 0. The number of benzene rings is 1. The lowest BCUT2D eigenvalue weighted by Crippen LogP contribution is -2.35. The molecule has 88 valence electrons. The van der Waals surface area contributed by atoms with Gasteiger partial charge < -0.3 is 19.7 Å². The van der Waals surface area contributed by atoms with E-state index in [0.717, 1.165) is 5.56 Å². The van der Waals surface area contributed by atoms with Crippen LogP contribution in [0.15, 0.2) is 30.3 Å². The van der Waals surface area contributed by atoms with Crippen molar-refractivity contribution >= 4 is 0 Å². The molecule has 0 aliphatic carbocycles. The zero-order chi connectivity index (χ0) is 11.4. The van der Waals surface area contributed by atoms with Crippen LogP contribution in [-0.4, -0.2) is 42.2 Å². The predicted octanol–water partition coefficient (Wildman–Crippen LogP) is 0.496. The maximum atomic E-state index is 10.1. The van der Waals surface area contributed by atoms with Gasteiger partial charge in [-0.15, -0.1) is 0 Å². The van der Waals surface area contributed by atoms with Gasteiger partial charge in [-0.3, -0.25) is 0 Å². The highest BCUT2D eigenvalue weighted by Crippen LogP contribution is 2.26. The molecule has 0 aromatic heterocycles. The maximum Gasteiger partial charge on any atom is 0.113 e. The van der Waals surface area contributed by atoms with Crippen LogP contribution < -0.4 is 0 Å². The number of rotatable bonds is 2. The van der Waals surface area contributed by atoms with Crippen molar-refractivity contribution in [1.29, 1.82) is 0 Å². The number of hydrogen-bond donors (Lipinski definition) is 2. The SMILES string of the molecule is OC[C@H]1OCCO[C@@H](c2ccccc2)[C@@H]1O. The second-order valence-corrected chi connectivity index (χ2v) is 3.78. The van der Waals surface area contributed by atoms with E-state index in [-0.39, 0.29) is 6.61 Å². The fraction of sp³-hybridized carbons (Fsp3) is 0.500. The van der Waals surface area contributed by atoms with E-state index in [2.05, 4.69) is 0 Å². The third-order valence-corrected chi connectivity index (χ3v) is 2.71. The van der Waals surface area contributed by atoms with Gasteiger partial charge in [0.15, 0.2) is 0 Å². The lowest BCUT2D eigenvalue weighted by molar-refractivity contribution is -0.0780. The van der Waals surface area contributed by atoms with Crippen molar-refractivity contribution in [1.82, 2.24) is 0 Å². The molecule has 1 aliphatic rings. The van der Waals surface area contributed by atoms with Crippen LogP contribution in [0.4, 0.5) is 0 Å². The molecular formula is C12H16O4. The van der Waals surface area contributed by atoms with E-state index in [9.17, 15) is 5.11 Å². The average Bonchev–Trinajstić information content (AvgIpc) is 2.52. The Balaban J connectivity index is 2.18. The normalized spacial score (nSPS) is 31.0. The first kappa shape index (κ1) is 11.5. The molecule has 1 heterocycles. The van der Waals surface area contributed by atoms with Crippen molar-refractivity contribution < 1.29 is 19.7 Å². The molecule has 4 heteroatoms. The van der Waals surface area contributed by atoms with Crippen LogP contribution in [0.1, 0.15) is 11.7 Å². The monoisotopic (exact) mass is 224 g/mol. The van der Waals surface area contributed by atoms with Gasteiger partial charge in [0.1, 0.15) is 18.3 Å². The fourth-order valence-electron chi connectivity index (χ4n) is 1.86. The molecule has 0 bridgehead atoms. The molecule has 0 radical (unpaired) electrons. The summed E-state index contributed by atoms with van der Waals surface area (Å²) in [5.41, 5.74) is 0.902. The summed E-state index contributed by atoms with van der Waals surface area (Å²) in [6, 6.07) is 9.49. The van der Waals surface area contributed by atoms with Gasteiger partial charge >= 0.3 is 0 Å². The van der Waals surface area contributed by atoms with Gasteiger partial charge in [-0.2, -0.15) is 0 Å². The van der Waals surface area contributed by atoms with Crippen LogP contribution in [0.5, 0.6) is 0 Å². The van der Waals surface area contributed by atoms with Gasteiger partial charge in [-0.25, -0.2) is 0 Å². The first-order chi connectivity index (χ1) is 7.83. The summed E-state index contributed by atoms with van der Waals surface area (Å²) in [5.74, 6) is 0. The smallest absolute Gasteiger partial charge is 0.113 e. The van der Waals surface area contributed by atoms with Crippen LogP contribution in [0.3, 0.4) is 0 Å². The van der Waals surface area contributed by atoms with Crippen molar-refractivity contribution in [3.8, 4) is 0 Å². The Morgan fingerprint density at radius 3 is 2.50 bits per heavy atom. The highest BCUT2D eigenvalue weighted by atomic mass is 16.6. The highest BCUT2D eigenvalue weighted by molar-refractivity contribution is 5.19. The third-order valence-electron chi connectivity index (χ3n) is 2.71. The summed E-state index contributed by atoms with van der Waals surface area (Å²) < 4.78 is 10.8. The Bertz CT molecular complexity index is 314. The van der Waals surface area contributed by atoms with E-state index in [4.69, 9.17) is 14.6 Å². The predicted molar refractivity (Wildman–Crippen MR) is 58.0 cm³/mol. The van der Waals surface area contributed by atoms with Crippen molar-refractivity contribution in [3.05, 3.63) is 35.9 Å². The minimum Gasteiger partial charge on any atom is -0.394 e. The molecule has 0 spiro atoms. The van der Waals surface area contributed by atoms with Gasteiger partial charge in [0.05, 0.1) is 19.8 Å². The Kier molecular flexibility index (Phi) is 3.90. The summed E-state index contributed by atoms with van der Waals surface area (Å²) in [5, 5.41) is 19.2. The molecule has 1 aromatic rings. The minimum absolute atomic E-state index is 0.201. The maximum absolute atomic E-state index is 10.1.